The van der Waals surface area contributed by atoms with Crippen LogP contribution in [-0.4, -0.2) is 31.3 Å². The normalized spacial score (nSPS) is 25.7. The van der Waals surface area contributed by atoms with E-state index in [2.05, 4.69) is 5.29 Å². The monoisotopic (exact) mass is 158 g/mol. The first-order valence-electron chi connectivity index (χ1n) is 3.98. The molecule has 4 nitrogen and oxygen atoms in total. The van der Waals surface area contributed by atoms with Gasteiger partial charge in [0.2, 0.25) is 0 Å². The van der Waals surface area contributed by atoms with E-state index in [0.717, 1.165) is 32.5 Å². The number of hydrogen-bond donors (Lipinski definition) is 0. The molecule has 0 aromatic heterocycles. The highest BCUT2D eigenvalue weighted by molar-refractivity contribution is 4.68. The van der Waals surface area contributed by atoms with E-state index in [-0.39, 0.29) is 6.04 Å². The van der Waals surface area contributed by atoms with Crippen LogP contribution in [-0.2, 0) is 4.74 Å². The Morgan fingerprint density at radius 3 is 3.00 bits per heavy atom. The standard InChI is InChI=1S/C7H14N2O2/c1-9(8-10)7-3-2-5-11-6-4-7/h7H,2-6H2,1H3. The van der Waals surface area contributed by atoms with Gasteiger partial charge in [0, 0.05) is 20.3 Å². The van der Waals surface area contributed by atoms with Crippen LogP contribution in [0.2, 0.25) is 0 Å². The Balaban J connectivity index is 2.35. The summed E-state index contributed by atoms with van der Waals surface area (Å²) in [6, 6.07) is 0.287. The summed E-state index contributed by atoms with van der Waals surface area (Å²) in [5.41, 5.74) is 0. The third-order valence-corrected chi connectivity index (χ3v) is 2.08. The van der Waals surface area contributed by atoms with E-state index in [9.17, 15) is 4.91 Å². The van der Waals surface area contributed by atoms with Crippen LogP contribution >= 0.6 is 0 Å². The Morgan fingerprint density at radius 1 is 1.45 bits per heavy atom. The summed E-state index contributed by atoms with van der Waals surface area (Å²) in [7, 11) is 1.73. The predicted octanol–water partition coefficient (Wildman–Crippen LogP) is 1.17. The Morgan fingerprint density at radius 2 is 2.27 bits per heavy atom. The number of ether oxygens (including phenoxy) is 1. The molecule has 64 valence electrons. The quantitative estimate of drug-likeness (QED) is 0.447. The van der Waals surface area contributed by atoms with E-state index >= 15 is 0 Å². The molecule has 0 aliphatic carbocycles. The van der Waals surface area contributed by atoms with Gasteiger partial charge in [-0.1, -0.05) is 0 Å². The minimum Gasteiger partial charge on any atom is -0.381 e. The van der Waals surface area contributed by atoms with E-state index in [0.29, 0.717) is 0 Å². The smallest absolute Gasteiger partial charge is 0.0523 e. The minimum absolute atomic E-state index is 0.287. The molecule has 1 aliphatic rings. The van der Waals surface area contributed by atoms with Crippen molar-refractivity contribution >= 4 is 0 Å². The van der Waals surface area contributed by atoms with Crippen molar-refractivity contribution in [3.8, 4) is 0 Å². The molecule has 1 fully saturated rings. The first-order chi connectivity index (χ1) is 5.34. The molecule has 4 heteroatoms. The van der Waals surface area contributed by atoms with Gasteiger partial charge in [-0.25, -0.2) is 0 Å². The number of nitroso groups, excluding NO2 is 1. The Hall–Kier alpha value is -0.640. The molecule has 0 aromatic carbocycles. The zero-order valence-electron chi connectivity index (χ0n) is 6.82. The SMILES string of the molecule is CN(N=O)C1CCCOCC1. The van der Waals surface area contributed by atoms with Gasteiger partial charge in [0.25, 0.3) is 0 Å². The zero-order valence-corrected chi connectivity index (χ0v) is 6.82. The Bertz CT molecular complexity index is 122. The molecule has 1 unspecified atom stereocenters. The van der Waals surface area contributed by atoms with Crippen molar-refractivity contribution in [2.45, 2.75) is 25.3 Å². The molecule has 0 radical (unpaired) electrons. The molecule has 1 heterocycles. The first kappa shape index (κ1) is 8.46. The van der Waals surface area contributed by atoms with Crippen molar-refractivity contribution in [2.24, 2.45) is 5.29 Å². The van der Waals surface area contributed by atoms with Crippen LogP contribution in [0.25, 0.3) is 0 Å². The Labute approximate surface area is 66.5 Å². The molecular formula is C7H14N2O2. The van der Waals surface area contributed by atoms with Gasteiger partial charge in [-0.2, -0.15) is 0 Å². The van der Waals surface area contributed by atoms with E-state index in [1.807, 2.05) is 0 Å². The van der Waals surface area contributed by atoms with Crippen molar-refractivity contribution in [3.05, 3.63) is 4.91 Å². The maximum atomic E-state index is 10.2. The van der Waals surface area contributed by atoms with Crippen LogP contribution in [0.5, 0.6) is 0 Å². The van der Waals surface area contributed by atoms with Crippen molar-refractivity contribution in [3.63, 3.8) is 0 Å². The first-order valence-corrected chi connectivity index (χ1v) is 3.98. The number of rotatable bonds is 2. The molecule has 0 amide bonds. The van der Waals surface area contributed by atoms with Crippen molar-refractivity contribution < 1.29 is 4.74 Å². The fraction of sp³-hybridized carbons (Fsp3) is 1.00. The van der Waals surface area contributed by atoms with Crippen LogP contribution in [0.15, 0.2) is 5.29 Å². The predicted molar refractivity (Wildman–Crippen MR) is 42.0 cm³/mol. The summed E-state index contributed by atoms with van der Waals surface area (Å²) in [6.07, 6.45) is 2.97. The lowest BCUT2D eigenvalue weighted by Crippen LogP contribution is -2.26. The highest BCUT2D eigenvalue weighted by Gasteiger charge is 2.16. The average molecular weight is 158 g/mol. The largest absolute Gasteiger partial charge is 0.381 e. The second kappa shape index (κ2) is 4.28. The molecule has 1 saturated heterocycles. The fourth-order valence-corrected chi connectivity index (χ4v) is 1.33. The second-order valence-corrected chi connectivity index (χ2v) is 2.85. The van der Waals surface area contributed by atoms with Gasteiger partial charge in [0.05, 0.1) is 11.3 Å². The summed E-state index contributed by atoms with van der Waals surface area (Å²) in [6.45, 7) is 1.58. The molecule has 11 heavy (non-hydrogen) atoms. The van der Waals surface area contributed by atoms with Crippen LogP contribution in [0.1, 0.15) is 19.3 Å². The zero-order chi connectivity index (χ0) is 8.10. The van der Waals surface area contributed by atoms with Crippen LogP contribution in [0.3, 0.4) is 0 Å². The van der Waals surface area contributed by atoms with Crippen LogP contribution in [0.4, 0.5) is 0 Å². The molecule has 1 atom stereocenters. The number of nitrogens with zero attached hydrogens (tertiary/aromatic N) is 2. The molecule has 1 rings (SSSR count). The van der Waals surface area contributed by atoms with Crippen molar-refractivity contribution in [1.29, 1.82) is 0 Å². The van der Waals surface area contributed by atoms with Crippen LogP contribution in [0, 0.1) is 4.91 Å². The second-order valence-electron chi connectivity index (χ2n) is 2.85. The van der Waals surface area contributed by atoms with Gasteiger partial charge in [0.1, 0.15) is 0 Å². The average Bonchev–Trinajstić information content (AvgIpc) is 2.30. The fourth-order valence-electron chi connectivity index (χ4n) is 1.33. The maximum absolute atomic E-state index is 10.2. The van der Waals surface area contributed by atoms with E-state index < -0.39 is 0 Å². The summed E-state index contributed by atoms with van der Waals surface area (Å²) in [5.74, 6) is 0. The van der Waals surface area contributed by atoms with Crippen LogP contribution < -0.4 is 0 Å². The lowest BCUT2D eigenvalue weighted by atomic mass is 10.1. The highest BCUT2D eigenvalue weighted by atomic mass is 16.5. The number of hydrogen-bond acceptors (Lipinski definition) is 3. The van der Waals surface area contributed by atoms with Gasteiger partial charge < -0.3 is 4.74 Å². The minimum atomic E-state index is 0.287. The molecule has 1 aliphatic heterocycles. The summed E-state index contributed by atoms with van der Waals surface area (Å²) in [4.78, 5) is 10.2. The van der Waals surface area contributed by atoms with Crippen molar-refractivity contribution in [2.75, 3.05) is 20.3 Å². The molecule has 0 spiro atoms. The third kappa shape index (κ3) is 2.46. The molecular weight excluding hydrogens is 144 g/mol. The molecule has 0 aromatic rings. The highest BCUT2D eigenvalue weighted by Crippen LogP contribution is 2.13. The van der Waals surface area contributed by atoms with Gasteiger partial charge in [-0.15, -0.1) is 4.91 Å². The van der Waals surface area contributed by atoms with Gasteiger partial charge >= 0.3 is 0 Å². The summed E-state index contributed by atoms with van der Waals surface area (Å²) < 4.78 is 5.25. The third-order valence-electron chi connectivity index (χ3n) is 2.08. The molecule has 0 bridgehead atoms. The van der Waals surface area contributed by atoms with Gasteiger partial charge in [-0.3, -0.25) is 5.01 Å². The summed E-state index contributed by atoms with van der Waals surface area (Å²) in [5, 5.41) is 4.38. The topological polar surface area (TPSA) is 41.9 Å². The van der Waals surface area contributed by atoms with E-state index in [1.165, 1.54) is 5.01 Å². The van der Waals surface area contributed by atoms with Gasteiger partial charge in [-0.05, 0) is 19.3 Å². The van der Waals surface area contributed by atoms with Crippen molar-refractivity contribution in [1.82, 2.24) is 5.01 Å². The Kier molecular flexibility index (Phi) is 3.29. The summed E-state index contributed by atoms with van der Waals surface area (Å²) >= 11 is 0. The lowest BCUT2D eigenvalue weighted by molar-refractivity contribution is 0.135. The molecule has 0 N–H and O–H groups in total. The lowest BCUT2D eigenvalue weighted by Gasteiger charge is -2.19. The van der Waals surface area contributed by atoms with E-state index in [4.69, 9.17) is 4.74 Å². The maximum Gasteiger partial charge on any atom is 0.0523 e. The van der Waals surface area contributed by atoms with Gasteiger partial charge in [0.15, 0.2) is 0 Å². The van der Waals surface area contributed by atoms with E-state index in [1.54, 1.807) is 7.05 Å². The molecule has 0 saturated carbocycles.